The van der Waals surface area contributed by atoms with Crippen molar-refractivity contribution < 1.29 is 9.26 Å². The molecule has 0 atom stereocenters. The maximum absolute atomic E-state index is 12.2. The van der Waals surface area contributed by atoms with E-state index in [0.29, 0.717) is 19.1 Å². The molecule has 4 heterocycles. The topological polar surface area (TPSA) is 73.4 Å². The molecule has 2 aromatic rings. The second-order valence-electron chi connectivity index (χ2n) is 9.04. The molecule has 2 aromatic heterocycles. The van der Waals surface area contributed by atoms with Crippen LogP contribution in [0.4, 0.5) is 0 Å². The molecular weight excluding hydrogens is 356 g/mol. The van der Waals surface area contributed by atoms with E-state index in [1.54, 1.807) is 10.7 Å². The van der Waals surface area contributed by atoms with Crippen molar-refractivity contribution in [2.75, 3.05) is 19.7 Å². The first-order chi connectivity index (χ1) is 13.4. The summed E-state index contributed by atoms with van der Waals surface area (Å²) >= 11 is 0. The third-order valence-corrected chi connectivity index (χ3v) is 5.82. The fraction of sp³-hybridized carbons (Fsp3) is 0.667. The SMILES string of the molecule is CC(C)(C)c1ccc(=O)n(CC2CCN(Cc3noc4c3COCC4)CC2)n1. The Hall–Kier alpha value is -1.99. The van der Waals surface area contributed by atoms with E-state index in [4.69, 9.17) is 9.26 Å². The molecule has 0 aromatic carbocycles. The Balaban J connectivity index is 1.35. The van der Waals surface area contributed by atoms with Gasteiger partial charge in [-0.15, -0.1) is 0 Å². The van der Waals surface area contributed by atoms with Crippen LogP contribution in [0, 0.1) is 5.92 Å². The Bertz CT molecular complexity index is 873. The Morgan fingerprint density at radius 3 is 2.75 bits per heavy atom. The summed E-state index contributed by atoms with van der Waals surface area (Å²) in [5.41, 5.74) is 3.05. The summed E-state index contributed by atoms with van der Waals surface area (Å²) in [5.74, 6) is 1.46. The van der Waals surface area contributed by atoms with Crippen LogP contribution in [0.5, 0.6) is 0 Å². The number of ether oxygens (including phenoxy) is 1. The molecule has 2 aliphatic rings. The van der Waals surface area contributed by atoms with Gasteiger partial charge in [0.05, 0.1) is 18.9 Å². The number of rotatable bonds is 4. The molecule has 7 heteroatoms. The molecule has 0 saturated carbocycles. The highest BCUT2D eigenvalue weighted by molar-refractivity contribution is 5.23. The summed E-state index contributed by atoms with van der Waals surface area (Å²) < 4.78 is 12.7. The van der Waals surface area contributed by atoms with Gasteiger partial charge in [-0.05, 0) is 37.9 Å². The van der Waals surface area contributed by atoms with Gasteiger partial charge < -0.3 is 9.26 Å². The maximum Gasteiger partial charge on any atom is 0.266 e. The first-order valence-electron chi connectivity index (χ1n) is 10.2. The summed E-state index contributed by atoms with van der Waals surface area (Å²) in [4.78, 5) is 14.7. The Morgan fingerprint density at radius 1 is 1.21 bits per heavy atom. The zero-order chi connectivity index (χ0) is 19.7. The van der Waals surface area contributed by atoms with E-state index in [9.17, 15) is 4.79 Å². The van der Waals surface area contributed by atoms with Crippen LogP contribution >= 0.6 is 0 Å². The molecule has 0 N–H and O–H groups in total. The average Bonchev–Trinajstić information content (AvgIpc) is 3.07. The van der Waals surface area contributed by atoms with E-state index in [0.717, 1.165) is 68.2 Å². The largest absolute Gasteiger partial charge is 0.376 e. The highest BCUT2D eigenvalue weighted by atomic mass is 16.5. The predicted molar refractivity (Wildman–Crippen MR) is 105 cm³/mol. The lowest BCUT2D eigenvalue weighted by Gasteiger charge is -2.31. The number of aromatic nitrogens is 3. The third kappa shape index (κ3) is 4.20. The molecular formula is C21H30N4O3. The van der Waals surface area contributed by atoms with Crippen LogP contribution in [-0.2, 0) is 36.3 Å². The molecule has 1 saturated heterocycles. The molecule has 0 radical (unpaired) electrons. The number of hydrogen-bond donors (Lipinski definition) is 0. The predicted octanol–water partition coefficient (Wildman–Crippen LogP) is 2.51. The first kappa shape index (κ1) is 19.3. The number of hydrogen-bond acceptors (Lipinski definition) is 6. The number of fused-ring (bicyclic) bond motifs is 1. The van der Waals surface area contributed by atoms with Gasteiger partial charge in [0.1, 0.15) is 11.5 Å². The fourth-order valence-corrected chi connectivity index (χ4v) is 3.97. The van der Waals surface area contributed by atoms with Crippen LogP contribution in [0.25, 0.3) is 0 Å². The smallest absolute Gasteiger partial charge is 0.266 e. The quantitative estimate of drug-likeness (QED) is 0.804. The fourth-order valence-electron chi connectivity index (χ4n) is 3.97. The molecule has 0 amide bonds. The van der Waals surface area contributed by atoms with Crippen LogP contribution in [-0.4, -0.2) is 39.5 Å². The van der Waals surface area contributed by atoms with E-state index in [1.165, 1.54) is 0 Å². The second kappa shape index (κ2) is 7.79. The molecule has 7 nitrogen and oxygen atoms in total. The van der Waals surface area contributed by atoms with Gasteiger partial charge in [0, 0.05) is 36.6 Å². The standard InChI is InChI=1S/C21H30N4O3/c1-21(2,3)19-4-5-20(26)25(22-19)12-15-6-9-24(10-7-15)13-17-16-14-27-11-8-18(16)28-23-17/h4-5,15H,6-14H2,1-3H3. The summed E-state index contributed by atoms with van der Waals surface area (Å²) in [6.07, 6.45) is 2.94. The van der Waals surface area contributed by atoms with Crippen LogP contribution in [0.1, 0.15) is 56.3 Å². The number of likely N-dealkylation sites (tertiary alicyclic amines) is 1. The molecule has 0 bridgehead atoms. The number of nitrogens with zero attached hydrogens (tertiary/aromatic N) is 4. The Labute approximate surface area is 165 Å². The monoisotopic (exact) mass is 386 g/mol. The van der Waals surface area contributed by atoms with Crippen molar-refractivity contribution in [3.8, 4) is 0 Å². The van der Waals surface area contributed by atoms with Crippen LogP contribution in [0.3, 0.4) is 0 Å². The van der Waals surface area contributed by atoms with Gasteiger partial charge in [0.15, 0.2) is 0 Å². The van der Waals surface area contributed by atoms with Gasteiger partial charge in [0.25, 0.3) is 5.56 Å². The Kier molecular flexibility index (Phi) is 5.38. The lowest BCUT2D eigenvalue weighted by molar-refractivity contribution is 0.102. The minimum Gasteiger partial charge on any atom is -0.376 e. The van der Waals surface area contributed by atoms with E-state index >= 15 is 0 Å². The molecule has 0 spiro atoms. The van der Waals surface area contributed by atoms with Crippen molar-refractivity contribution in [1.29, 1.82) is 0 Å². The van der Waals surface area contributed by atoms with Gasteiger partial charge in [-0.3, -0.25) is 9.69 Å². The van der Waals surface area contributed by atoms with Gasteiger partial charge in [0.2, 0.25) is 0 Å². The minimum absolute atomic E-state index is 0.00958. The van der Waals surface area contributed by atoms with Crippen molar-refractivity contribution in [3.05, 3.63) is 45.2 Å². The summed E-state index contributed by atoms with van der Waals surface area (Å²) in [7, 11) is 0. The summed E-state index contributed by atoms with van der Waals surface area (Å²) in [5, 5.41) is 8.89. The highest BCUT2D eigenvalue weighted by Crippen LogP contribution is 2.25. The Morgan fingerprint density at radius 2 is 2.00 bits per heavy atom. The van der Waals surface area contributed by atoms with Crippen LogP contribution < -0.4 is 5.56 Å². The first-order valence-corrected chi connectivity index (χ1v) is 10.2. The lowest BCUT2D eigenvalue weighted by Crippen LogP contribution is -2.37. The van der Waals surface area contributed by atoms with Gasteiger partial charge in [-0.2, -0.15) is 5.10 Å². The zero-order valence-electron chi connectivity index (χ0n) is 17.1. The molecule has 0 aliphatic carbocycles. The van der Waals surface area contributed by atoms with E-state index in [1.807, 2.05) is 6.07 Å². The van der Waals surface area contributed by atoms with Crippen molar-refractivity contribution in [2.45, 2.75) is 65.1 Å². The van der Waals surface area contributed by atoms with Crippen molar-refractivity contribution in [2.24, 2.45) is 5.92 Å². The van der Waals surface area contributed by atoms with Crippen LogP contribution in [0.2, 0.25) is 0 Å². The summed E-state index contributed by atoms with van der Waals surface area (Å²) in [6, 6.07) is 3.50. The molecule has 4 rings (SSSR count). The van der Waals surface area contributed by atoms with Gasteiger partial charge in [-0.1, -0.05) is 25.9 Å². The van der Waals surface area contributed by atoms with Crippen molar-refractivity contribution in [1.82, 2.24) is 19.8 Å². The van der Waals surface area contributed by atoms with E-state index < -0.39 is 0 Å². The third-order valence-electron chi connectivity index (χ3n) is 5.82. The molecule has 28 heavy (non-hydrogen) atoms. The minimum atomic E-state index is -0.0563. The molecule has 1 fully saturated rings. The number of piperidine rings is 1. The molecule has 2 aliphatic heterocycles. The highest BCUT2D eigenvalue weighted by Gasteiger charge is 2.25. The second-order valence-corrected chi connectivity index (χ2v) is 9.04. The van der Waals surface area contributed by atoms with Crippen molar-refractivity contribution >= 4 is 0 Å². The lowest BCUT2D eigenvalue weighted by atomic mass is 9.92. The van der Waals surface area contributed by atoms with E-state index in [2.05, 4.69) is 35.9 Å². The average molecular weight is 386 g/mol. The molecule has 152 valence electrons. The normalized spacial score (nSPS) is 19.0. The zero-order valence-corrected chi connectivity index (χ0v) is 17.1. The van der Waals surface area contributed by atoms with Crippen molar-refractivity contribution in [3.63, 3.8) is 0 Å². The van der Waals surface area contributed by atoms with Crippen LogP contribution in [0.15, 0.2) is 21.5 Å². The summed E-state index contributed by atoms with van der Waals surface area (Å²) in [6.45, 7) is 11.2. The van der Waals surface area contributed by atoms with Gasteiger partial charge in [-0.25, -0.2) is 4.68 Å². The van der Waals surface area contributed by atoms with E-state index in [-0.39, 0.29) is 11.0 Å². The molecule has 0 unspecified atom stereocenters. The maximum atomic E-state index is 12.2. The van der Waals surface area contributed by atoms with Gasteiger partial charge >= 0.3 is 0 Å².